The monoisotopic (exact) mass is 832 g/mol. The molecule has 0 spiro atoms. The number of benzene rings is 3. The number of esters is 2. The summed E-state index contributed by atoms with van der Waals surface area (Å²) in [5.41, 5.74) is 2.34. The zero-order chi connectivity index (χ0) is 35.9. The van der Waals surface area contributed by atoms with E-state index in [1.165, 1.54) is 30.1 Å². The summed E-state index contributed by atoms with van der Waals surface area (Å²) in [7, 11) is 2.78. The number of fused-ring (bicyclic) bond motifs is 1. The molecule has 5 rings (SSSR count). The van der Waals surface area contributed by atoms with Gasteiger partial charge in [0.05, 0.1) is 54.3 Å². The highest BCUT2D eigenvalue weighted by atomic mass is 127. The lowest BCUT2D eigenvalue weighted by Crippen LogP contribution is -2.40. The Morgan fingerprint density at radius 3 is 2.42 bits per heavy atom. The summed E-state index contributed by atoms with van der Waals surface area (Å²) in [5, 5.41) is 0.310. The topological polar surface area (TPSA) is 124 Å². The molecule has 14 heteroatoms. The van der Waals surface area contributed by atoms with E-state index in [4.69, 9.17) is 35.3 Å². The van der Waals surface area contributed by atoms with Gasteiger partial charge in [-0.15, -0.1) is 0 Å². The lowest BCUT2D eigenvalue weighted by Gasteiger charge is -2.25. The van der Waals surface area contributed by atoms with E-state index < -0.39 is 18.0 Å². The Kier molecular flexibility index (Phi) is 12.2. The van der Waals surface area contributed by atoms with Crippen LogP contribution in [-0.2, 0) is 25.7 Å². The fourth-order valence-corrected chi connectivity index (χ4v) is 6.92. The molecule has 0 fully saturated rings. The van der Waals surface area contributed by atoms with Crippen LogP contribution in [0.2, 0.25) is 5.02 Å². The van der Waals surface area contributed by atoms with Crippen LogP contribution in [0.4, 0.5) is 0 Å². The van der Waals surface area contributed by atoms with Crippen LogP contribution in [0.5, 0.6) is 23.0 Å². The van der Waals surface area contributed by atoms with Gasteiger partial charge in [-0.1, -0.05) is 41.1 Å². The number of methoxy groups -OCH3 is 2. The van der Waals surface area contributed by atoms with Crippen molar-refractivity contribution >= 4 is 63.5 Å². The molecular weight excluding hydrogens is 799 g/mol. The fourth-order valence-electron chi connectivity index (χ4n) is 5.24. The molecule has 0 aliphatic carbocycles. The third kappa shape index (κ3) is 8.16. The third-order valence-corrected chi connectivity index (χ3v) is 9.50. The Labute approximate surface area is 310 Å². The Morgan fingerprint density at radius 1 is 0.980 bits per heavy atom. The number of hydrogen-bond donors (Lipinski definition) is 0. The highest BCUT2D eigenvalue weighted by Crippen LogP contribution is 2.38. The number of carbonyl (C=O) groups is 2. The quantitative estimate of drug-likeness (QED) is 0.125. The Morgan fingerprint density at radius 2 is 1.74 bits per heavy atom. The number of rotatable bonds is 13. The third-order valence-electron chi connectivity index (χ3n) is 7.52. The molecule has 0 unspecified atom stereocenters. The van der Waals surface area contributed by atoms with Gasteiger partial charge in [-0.05, 0) is 103 Å². The van der Waals surface area contributed by atoms with Crippen LogP contribution in [0, 0.1) is 3.57 Å². The molecule has 1 aliphatic rings. The number of allylic oxidation sites excluding steroid dienone is 1. The molecule has 0 saturated heterocycles. The summed E-state index contributed by atoms with van der Waals surface area (Å²) >= 11 is 10.1. The number of ether oxygens (including phenoxy) is 6. The lowest BCUT2D eigenvalue weighted by atomic mass is 9.95. The minimum atomic E-state index is -0.906. The van der Waals surface area contributed by atoms with Gasteiger partial charge in [-0.25, -0.2) is 14.6 Å². The summed E-state index contributed by atoms with van der Waals surface area (Å²) in [6, 6.07) is 15.5. The predicted molar refractivity (Wildman–Crippen MR) is 197 cm³/mol. The molecule has 0 N–H and O–H groups in total. The van der Waals surface area contributed by atoms with Crippen molar-refractivity contribution in [3.63, 3.8) is 0 Å². The van der Waals surface area contributed by atoms with E-state index in [0.29, 0.717) is 60.8 Å². The largest absolute Gasteiger partial charge is 0.493 e. The van der Waals surface area contributed by atoms with Gasteiger partial charge in [-0.3, -0.25) is 9.36 Å². The van der Waals surface area contributed by atoms with Crippen molar-refractivity contribution in [2.75, 3.05) is 34.0 Å². The van der Waals surface area contributed by atoms with E-state index in [2.05, 4.69) is 32.3 Å². The standard InChI is InChI=1S/C36H34ClIN2O9S/c1-6-46-27-17-23(10-13-26(27)48-19-30(41)45-5)32-31(35(43)47-7-2)20(3)39-36-40(32)34(42)29(50-36)16-22-14-25(37)33(28(15-22)44-4)49-18-21-8-11-24(38)12-9-21/h8-17,32H,6-7,18-19H2,1-5H3/b29-16-/t32-/m1/s1. The zero-order valence-electron chi connectivity index (χ0n) is 27.9. The Hall–Kier alpha value is -4.34. The molecule has 1 aromatic heterocycles. The van der Waals surface area contributed by atoms with Crippen molar-refractivity contribution in [3.8, 4) is 23.0 Å². The summed E-state index contributed by atoms with van der Waals surface area (Å²) in [5.74, 6) is 0.233. The second-order valence-electron chi connectivity index (χ2n) is 10.8. The average Bonchev–Trinajstić information content (AvgIpc) is 3.40. The molecule has 3 aromatic carbocycles. The van der Waals surface area contributed by atoms with Crippen LogP contribution < -0.4 is 33.8 Å². The molecule has 262 valence electrons. The highest BCUT2D eigenvalue weighted by molar-refractivity contribution is 14.1. The summed E-state index contributed by atoms with van der Waals surface area (Å²) < 4.78 is 36.2. The van der Waals surface area contributed by atoms with E-state index in [1.54, 1.807) is 57.2 Å². The van der Waals surface area contributed by atoms with Crippen LogP contribution >= 0.6 is 45.5 Å². The van der Waals surface area contributed by atoms with Gasteiger partial charge >= 0.3 is 11.9 Å². The van der Waals surface area contributed by atoms with Crippen molar-refractivity contribution in [2.24, 2.45) is 4.99 Å². The van der Waals surface area contributed by atoms with Crippen LogP contribution in [0.3, 0.4) is 0 Å². The molecule has 1 aliphatic heterocycles. The van der Waals surface area contributed by atoms with Crippen LogP contribution in [0.25, 0.3) is 6.08 Å². The summed E-state index contributed by atoms with van der Waals surface area (Å²) in [4.78, 5) is 44.4. The smallest absolute Gasteiger partial charge is 0.343 e. The van der Waals surface area contributed by atoms with Gasteiger partial charge < -0.3 is 28.4 Å². The van der Waals surface area contributed by atoms with E-state index in [1.807, 2.05) is 24.3 Å². The first-order chi connectivity index (χ1) is 24.1. The maximum absolute atomic E-state index is 14.2. The molecule has 4 aromatic rings. The van der Waals surface area contributed by atoms with Crippen molar-refractivity contribution in [1.82, 2.24) is 4.57 Å². The number of halogens is 2. The summed E-state index contributed by atoms with van der Waals surface area (Å²) in [6.45, 7) is 5.59. The molecule has 0 bridgehead atoms. The van der Waals surface area contributed by atoms with Crippen molar-refractivity contribution in [1.29, 1.82) is 0 Å². The van der Waals surface area contributed by atoms with Crippen LogP contribution in [-0.4, -0.2) is 50.5 Å². The molecule has 0 saturated carbocycles. The number of thiazole rings is 1. The maximum Gasteiger partial charge on any atom is 0.343 e. The van der Waals surface area contributed by atoms with Gasteiger partial charge in [0.2, 0.25) is 0 Å². The van der Waals surface area contributed by atoms with Crippen LogP contribution in [0.1, 0.15) is 43.5 Å². The van der Waals surface area contributed by atoms with Crippen molar-refractivity contribution in [2.45, 2.75) is 33.4 Å². The predicted octanol–water partition coefficient (Wildman–Crippen LogP) is 5.59. The zero-order valence-corrected chi connectivity index (χ0v) is 31.6. The molecule has 50 heavy (non-hydrogen) atoms. The number of carbonyl (C=O) groups excluding carboxylic acids is 2. The van der Waals surface area contributed by atoms with Gasteiger partial charge in [0, 0.05) is 3.57 Å². The molecule has 11 nitrogen and oxygen atoms in total. The Balaban J connectivity index is 1.58. The van der Waals surface area contributed by atoms with Crippen molar-refractivity contribution in [3.05, 3.63) is 111 Å². The first kappa shape index (κ1) is 36.9. The second kappa shape index (κ2) is 16.6. The fraction of sp³-hybridized carbons (Fsp3) is 0.278. The first-order valence-corrected chi connectivity index (χ1v) is 17.8. The second-order valence-corrected chi connectivity index (χ2v) is 13.4. The normalized spacial score (nSPS) is 14.1. The molecule has 2 heterocycles. The van der Waals surface area contributed by atoms with Gasteiger partial charge in [0.25, 0.3) is 5.56 Å². The minimum absolute atomic E-state index is 0.129. The van der Waals surface area contributed by atoms with E-state index >= 15 is 0 Å². The molecular formula is C36H34ClIN2O9S. The molecule has 0 amide bonds. The molecule has 0 radical (unpaired) electrons. The average molecular weight is 833 g/mol. The number of aromatic nitrogens is 1. The highest BCUT2D eigenvalue weighted by Gasteiger charge is 2.34. The van der Waals surface area contributed by atoms with E-state index in [9.17, 15) is 14.4 Å². The minimum Gasteiger partial charge on any atom is -0.493 e. The van der Waals surface area contributed by atoms with Crippen LogP contribution in [0.15, 0.2) is 75.7 Å². The first-order valence-electron chi connectivity index (χ1n) is 15.5. The van der Waals surface area contributed by atoms with Gasteiger partial charge in [0.1, 0.15) is 6.61 Å². The van der Waals surface area contributed by atoms with Crippen molar-refractivity contribution < 1.29 is 38.0 Å². The maximum atomic E-state index is 14.2. The number of hydrogen-bond acceptors (Lipinski definition) is 11. The van der Waals surface area contributed by atoms with E-state index in [-0.39, 0.29) is 31.0 Å². The lowest BCUT2D eigenvalue weighted by molar-refractivity contribution is -0.143. The van der Waals surface area contributed by atoms with Gasteiger partial charge in [0.15, 0.2) is 34.4 Å². The van der Waals surface area contributed by atoms with E-state index in [0.717, 1.165) is 9.13 Å². The van der Waals surface area contributed by atoms with Gasteiger partial charge in [-0.2, -0.15) is 0 Å². The number of nitrogens with zero attached hydrogens (tertiary/aromatic N) is 2. The summed E-state index contributed by atoms with van der Waals surface area (Å²) in [6.07, 6.45) is 1.69. The Bertz CT molecular complexity index is 2130. The SMILES string of the molecule is CCOC(=O)C1=C(C)N=c2s/c(=C\c3cc(Cl)c(OCc4ccc(I)cc4)c(OC)c3)c(=O)n2[C@@H]1c1ccc(OCC(=O)OC)c(OCC)c1. The molecule has 1 atom stereocenters.